The number of nitrogens with one attached hydrogen (secondary N) is 1. The maximum absolute atomic E-state index is 6.23. The lowest BCUT2D eigenvalue weighted by molar-refractivity contribution is 0.199. The summed E-state index contributed by atoms with van der Waals surface area (Å²) in [7, 11) is 1.69. The molecule has 0 atom stereocenters. The quantitative estimate of drug-likeness (QED) is 0.754. The van der Waals surface area contributed by atoms with Gasteiger partial charge in [0.05, 0.1) is 11.6 Å². The number of methoxy groups -OCH3 is 1. The van der Waals surface area contributed by atoms with E-state index >= 15 is 0 Å². The van der Waals surface area contributed by atoms with Gasteiger partial charge in [0.2, 0.25) is 0 Å². The minimum Gasteiger partial charge on any atom is -0.487 e. The Labute approximate surface area is 128 Å². The average molecular weight is 312 g/mol. The van der Waals surface area contributed by atoms with Crippen LogP contribution in [0.25, 0.3) is 0 Å². The molecule has 1 heterocycles. The molecule has 20 heavy (non-hydrogen) atoms. The first-order valence-electron chi connectivity index (χ1n) is 6.41. The number of halogens is 1. The zero-order valence-electron chi connectivity index (χ0n) is 11.4. The number of thiophene rings is 1. The van der Waals surface area contributed by atoms with Crippen molar-refractivity contribution in [2.24, 2.45) is 0 Å². The van der Waals surface area contributed by atoms with E-state index in [1.807, 2.05) is 29.6 Å². The molecular weight excluding hydrogens is 294 g/mol. The summed E-state index contributed by atoms with van der Waals surface area (Å²) in [5.41, 5.74) is 2.30. The Morgan fingerprint density at radius 1 is 1.25 bits per heavy atom. The van der Waals surface area contributed by atoms with Crippen molar-refractivity contribution in [1.82, 2.24) is 5.32 Å². The van der Waals surface area contributed by atoms with Gasteiger partial charge in [0, 0.05) is 20.2 Å². The van der Waals surface area contributed by atoms with Gasteiger partial charge in [0.15, 0.2) is 0 Å². The second-order valence-electron chi connectivity index (χ2n) is 4.35. The Morgan fingerprint density at radius 2 is 2.15 bits per heavy atom. The fraction of sp³-hybridized carbons (Fsp3) is 0.333. The van der Waals surface area contributed by atoms with Gasteiger partial charge in [0.25, 0.3) is 0 Å². The predicted octanol–water partition coefficient (Wildman–Crippen LogP) is 3.72. The van der Waals surface area contributed by atoms with E-state index < -0.39 is 0 Å². The van der Waals surface area contributed by atoms with E-state index in [-0.39, 0.29) is 0 Å². The van der Waals surface area contributed by atoms with Crippen molar-refractivity contribution in [1.29, 1.82) is 0 Å². The third-order valence-corrected chi connectivity index (χ3v) is 3.81. The van der Waals surface area contributed by atoms with Crippen molar-refractivity contribution in [3.63, 3.8) is 0 Å². The van der Waals surface area contributed by atoms with Gasteiger partial charge >= 0.3 is 0 Å². The van der Waals surface area contributed by atoms with Gasteiger partial charge in [-0.15, -0.1) is 0 Å². The van der Waals surface area contributed by atoms with Crippen molar-refractivity contribution >= 4 is 22.9 Å². The molecule has 3 nitrogen and oxygen atoms in total. The minimum atomic E-state index is 0.550. The van der Waals surface area contributed by atoms with E-state index in [1.165, 1.54) is 0 Å². The number of benzene rings is 1. The summed E-state index contributed by atoms with van der Waals surface area (Å²) in [6, 6.07) is 7.92. The molecule has 0 aliphatic heterocycles. The summed E-state index contributed by atoms with van der Waals surface area (Å²) in [6.45, 7) is 2.85. The van der Waals surface area contributed by atoms with Gasteiger partial charge < -0.3 is 14.8 Å². The number of hydrogen-bond donors (Lipinski definition) is 1. The molecule has 2 aromatic rings. The summed E-state index contributed by atoms with van der Waals surface area (Å²) >= 11 is 7.90. The molecule has 0 amide bonds. The van der Waals surface area contributed by atoms with Gasteiger partial charge in [-0.3, -0.25) is 0 Å². The summed E-state index contributed by atoms with van der Waals surface area (Å²) in [5, 5.41) is 8.03. The van der Waals surface area contributed by atoms with Crippen LogP contribution in [0.15, 0.2) is 35.0 Å². The maximum Gasteiger partial charge on any atom is 0.138 e. The zero-order valence-corrected chi connectivity index (χ0v) is 13.0. The van der Waals surface area contributed by atoms with Crippen LogP contribution in [-0.2, 0) is 17.9 Å². The fourth-order valence-corrected chi connectivity index (χ4v) is 2.63. The smallest absolute Gasteiger partial charge is 0.138 e. The van der Waals surface area contributed by atoms with Crippen molar-refractivity contribution in [2.45, 2.75) is 13.2 Å². The molecule has 0 saturated carbocycles. The Balaban J connectivity index is 1.85. The molecule has 0 spiro atoms. The van der Waals surface area contributed by atoms with Gasteiger partial charge in [-0.1, -0.05) is 17.7 Å². The largest absolute Gasteiger partial charge is 0.487 e. The van der Waals surface area contributed by atoms with E-state index in [1.54, 1.807) is 18.4 Å². The van der Waals surface area contributed by atoms with Crippen LogP contribution in [0, 0.1) is 0 Å². The Kier molecular flexibility index (Phi) is 6.33. The number of rotatable bonds is 8. The van der Waals surface area contributed by atoms with Crippen LogP contribution >= 0.6 is 22.9 Å². The topological polar surface area (TPSA) is 30.5 Å². The lowest BCUT2D eigenvalue weighted by Crippen LogP contribution is -2.18. The number of hydrogen-bond acceptors (Lipinski definition) is 4. The molecule has 5 heteroatoms. The Morgan fingerprint density at radius 3 is 2.85 bits per heavy atom. The molecule has 0 radical (unpaired) electrons. The van der Waals surface area contributed by atoms with E-state index in [2.05, 4.69) is 10.7 Å². The van der Waals surface area contributed by atoms with Gasteiger partial charge in [0.1, 0.15) is 12.4 Å². The molecule has 0 fully saturated rings. The highest BCUT2D eigenvalue weighted by Gasteiger charge is 2.04. The highest BCUT2D eigenvalue weighted by atomic mass is 35.5. The first-order chi connectivity index (χ1) is 9.79. The lowest BCUT2D eigenvalue weighted by atomic mass is 10.2. The lowest BCUT2D eigenvalue weighted by Gasteiger charge is -2.09. The van der Waals surface area contributed by atoms with Crippen molar-refractivity contribution < 1.29 is 9.47 Å². The summed E-state index contributed by atoms with van der Waals surface area (Å²) in [4.78, 5) is 0. The number of ether oxygens (including phenoxy) is 2. The van der Waals surface area contributed by atoms with Crippen LogP contribution in [0.3, 0.4) is 0 Å². The van der Waals surface area contributed by atoms with Gasteiger partial charge in [-0.25, -0.2) is 0 Å². The highest BCUT2D eigenvalue weighted by molar-refractivity contribution is 7.07. The summed E-state index contributed by atoms with van der Waals surface area (Å²) in [5.74, 6) is 0.721. The van der Waals surface area contributed by atoms with Crippen LogP contribution in [0.1, 0.15) is 11.1 Å². The minimum absolute atomic E-state index is 0.550. The van der Waals surface area contributed by atoms with E-state index in [4.69, 9.17) is 21.1 Å². The molecule has 0 aliphatic rings. The molecular formula is C15H18ClNO2S. The first-order valence-corrected chi connectivity index (χ1v) is 7.73. The molecule has 2 rings (SSSR count). The van der Waals surface area contributed by atoms with Gasteiger partial charge in [-0.05, 0) is 40.1 Å². The summed E-state index contributed by atoms with van der Waals surface area (Å²) < 4.78 is 10.7. The zero-order chi connectivity index (χ0) is 14.2. The SMILES string of the molecule is COCCNCc1ccc(OCc2ccsc2)c(Cl)c1. The molecule has 1 N–H and O–H groups in total. The van der Waals surface area contributed by atoms with Crippen LogP contribution in [0.5, 0.6) is 5.75 Å². The van der Waals surface area contributed by atoms with Crippen molar-refractivity contribution in [3.05, 3.63) is 51.2 Å². The van der Waals surface area contributed by atoms with E-state index in [0.29, 0.717) is 18.2 Å². The van der Waals surface area contributed by atoms with Crippen molar-refractivity contribution in [2.75, 3.05) is 20.3 Å². The predicted molar refractivity (Wildman–Crippen MR) is 83.7 cm³/mol. The van der Waals surface area contributed by atoms with Crippen LogP contribution in [0.2, 0.25) is 5.02 Å². The van der Waals surface area contributed by atoms with E-state index in [9.17, 15) is 0 Å². The Bertz CT molecular complexity index is 517. The highest BCUT2D eigenvalue weighted by Crippen LogP contribution is 2.26. The first kappa shape index (κ1) is 15.3. The van der Waals surface area contributed by atoms with Crippen LogP contribution in [-0.4, -0.2) is 20.3 Å². The third kappa shape index (κ3) is 4.80. The van der Waals surface area contributed by atoms with Gasteiger partial charge in [-0.2, -0.15) is 11.3 Å². The van der Waals surface area contributed by atoms with Crippen LogP contribution in [0.4, 0.5) is 0 Å². The third-order valence-electron chi connectivity index (χ3n) is 2.78. The molecule has 0 unspecified atom stereocenters. The second-order valence-corrected chi connectivity index (χ2v) is 5.54. The standard InChI is InChI=1S/C15H18ClNO2S/c1-18-6-5-17-9-12-2-3-15(14(16)8-12)19-10-13-4-7-20-11-13/h2-4,7-8,11,17H,5-6,9-10H2,1H3. The van der Waals surface area contributed by atoms with Crippen LogP contribution < -0.4 is 10.1 Å². The molecule has 0 bridgehead atoms. The Hall–Kier alpha value is -1.07. The molecule has 0 aliphatic carbocycles. The second kappa shape index (κ2) is 8.27. The average Bonchev–Trinajstić information content (AvgIpc) is 2.96. The normalized spacial score (nSPS) is 10.7. The molecule has 1 aromatic carbocycles. The molecule has 1 aromatic heterocycles. The monoisotopic (exact) mass is 311 g/mol. The fourth-order valence-electron chi connectivity index (χ4n) is 1.71. The van der Waals surface area contributed by atoms with Crippen molar-refractivity contribution in [3.8, 4) is 5.75 Å². The molecule has 108 valence electrons. The summed E-state index contributed by atoms with van der Waals surface area (Å²) in [6.07, 6.45) is 0. The maximum atomic E-state index is 6.23. The van der Waals surface area contributed by atoms with E-state index in [0.717, 1.165) is 30.0 Å². The molecule has 0 saturated heterocycles.